The fourth-order valence-electron chi connectivity index (χ4n) is 3.74. The average molecular weight is 631 g/mol. The van der Waals surface area contributed by atoms with E-state index in [4.69, 9.17) is 14.2 Å². The predicted molar refractivity (Wildman–Crippen MR) is 153 cm³/mol. The summed E-state index contributed by atoms with van der Waals surface area (Å²) >= 11 is 2.94. The minimum absolute atomic E-state index is 0.219. The van der Waals surface area contributed by atoms with Crippen LogP contribution < -0.4 is 9.47 Å². The van der Waals surface area contributed by atoms with Crippen molar-refractivity contribution in [2.45, 2.75) is 33.0 Å². The largest absolute Gasteiger partial charge is 0.493 e. The van der Waals surface area contributed by atoms with E-state index in [-0.39, 0.29) is 4.91 Å². The van der Waals surface area contributed by atoms with Crippen LogP contribution in [0.1, 0.15) is 31.9 Å². The first-order chi connectivity index (χ1) is 17.5. The Balaban J connectivity index is 1.50. The molecule has 3 aromatic carbocycles. The fourth-order valence-corrected chi connectivity index (χ4v) is 5.36. The van der Waals surface area contributed by atoms with Gasteiger partial charge in [0.1, 0.15) is 18.8 Å². The van der Waals surface area contributed by atoms with E-state index in [2.05, 4.69) is 46.9 Å². The topological polar surface area (TPSA) is 82.1 Å². The number of halogens is 1. The molecule has 1 saturated heterocycles. The van der Waals surface area contributed by atoms with Crippen molar-refractivity contribution in [1.29, 1.82) is 0 Å². The van der Waals surface area contributed by atoms with Gasteiger partial charge in [-0.3, -0.25) is 19.3 Å². The number of fused-ring (bicyclic) bond motifs is 1. The maximum atomic E-state index is 12.8. The quantitative estimate of drug-likeness (QED) is 0.169. The number of hydrogen-bond acceptors (Lipinski definition) is 7. The Morgan fingerprint density at radius 2 is 1.78 bits per heavy atom. The number of benzene rings is 3. The second-order valence-corrected chi connectivity index (χ2v) is 11.5. The van der Waals surface area contributed by atoms with Gasteiger partial charge < -0.3 is 14.2 Å². The Morgan fingerprint density at radius 1 is 1.05 bits per heavy atom. The molecule has 9 heteroatoms. The summed E-state index contributed by atoms with van der Waals surface area (Å²) in [6.07, 6.45) is 1.61. The molecule has 0 spiro atoms. The second kappa shape index (κ2) is 11.1. The summed E-state index contributed by atoms with van der Waals surface area (Å²) in [5.74, 6) is -0.0787. The van der Waals surface area contributed by atoms with Gasteiger partial charge >= 0.3 is 5.97 Å². The van der Waals surface area contributed by atoms with E-state index in [0.717, 1.165) is 31.2 Å². The number of esters is 1. The van der Waals surface area contributed by atoms with Crippen molar-refractivity contribution in [2.24, 2.45) is 0 Å². The first-order valence-corrected chi connectivity index (χ1v) is 13.4. The number of carbonyl (C=O) groups excluding carboxylic acids is 3. The molecule has 0 radical (unpaired) electrons. The Hall–Kier alpha value is -3.05. The molecule has 0 aliphatic carbocycles. The molecule has 0 saturated carbocycles. The van der Waals surface area contributed by atoms with Gasteiger partial charge in [-0.2, -0.15) is 0 Å². The summed E-state index contributed by atoms with van der Waals surface area (Å²) in [5.41, 5.74) is 0.987. The molecule has 1 aliphatic rings. The Kier molecular flexibility index (Phi) is 8.13. The zero-order chi connectivity index (χ0) is 26.7. The van der Waals surface area contributed by atoms with Gasteiger partial charge in [0.15, 0.2) is 11.5 Å². The SMILES string of the molecule is COc1cc(C=C2SC(=O)N(CC(=O)OC(C)(C)C)C2=O)cc(I)c1OCc1ccc2ccccc2c1. The van der Waals surface area contributed by atoms with Crippen LogP contribution in [0.2, 0.25) is 0 Å². The molecule has 0 N–H and O–H groups in total. The molecule has 0 bridgehead atoms. The van der Waals surface area contributed by atoms with Crippen LogP contribution in [0.3, 0.4) is 0 Å². The summed E-state index contributed by atoms with van der Waals surface area (Å²) in [6.45, 7) is 5.11. The van der Waals surface area contributed by atoms with E-state index < -0.39 is 29.3 Å². The summed E-state index contributed by atoms with van der Waals surface area (Å²) in [6, 6.07) is 17.9. The van der Waals surface area contributed by atoms with Crippen LogP contribution in [0.15, 0.2) is 59.5 Å². The van der Waals surface area contributed by atoms with E-state index in [9.17, 15) is 14.4 Å². The van der Waals surface area contributed by atoms with Crippen molar-refractivity contribution in [2.75, 3.05) is 13.7 Å². The maximum Gasteiger partial charge on any atom is 0.326 e. The van der Waals surface area contributed by atoms with Gasteiger partial charge in [0.25, 0.3) is 11.1 Å². The van der Waals surface area contributed by atoms with Crippen LogP contribution in [0.4, 0.5) is 4.79 Å². The highest BCUT2D eigenvalue weighted by Crippen LogP contribution is 2.37. The van der Waals surface area contributed by atoms with Gasteiger partial charge in [-0.25, -0.2) is 0 Å². The average Bonchev–Trinajstić information content (AvgIpc) is 3.09. The Morgan fingerprint density at radius 3 is 2.49 bits per heavy atom. The summed E-state index contributed by atoms with van der Waals surface area (Å²) in [5, 5.41) is 1.79. The number of methoxy groups -OCH3 is 1. The first kappa shape index (κ1) is 27.0. The summed E-state index contributed by atoms with van der Waals surface area (Å²) in [4.78, 5) is 38.5. The molecule has 1 heterocycles. The van der Waals surface area contributed by atoms with Crippen molar-refractivity contribution in [3.05, 3.63) is 74.2 Å². The number of imide groups is 1. The van der Waals surface area contributed by atoms with Crippen molar-refractivity contribution < 1.29 is 28.6 Å². The minimum Gasteiger partial charge on any atom is -0.493 e. The van der Waals surface area contributed by atoms with Gasteiger partial charge in [0, 0.05) is 0 Å². The summed E-state index contributed by atoms with van der Waals surface area (Å²) < 4.78 is 17.7. The number of hydrogen-bond donors (Lipinski definition) is 0. The van der Waals surface area contributed by atoms with E-state index >= 15 is 0 Å². The van der Waals surface area contributed by atoms with Crippen molar-refractivity contribution in [3.8, 4) is 11.5 Å². The number of carbonyl (C=O) groups is 3. The second-order valence-electron chi connectivity index (χ2n) is 9.36. The van der Waals surface area contributed by atoms with E-state index in [1.54, 1.807) is 40.0 Å². The lowest BCUT2D eigenvalue weighted by Gasteiger charge is -2.21. The van der Waals surface area contributed by atoms with Crippen LogP contribution in [0.5, 0.6) is 11.5 Å². The minimum atomic E-state index is -0.708. The zero-order valence-corrected chi connectivity index (χ0v) is 23.8. The van der Waals surface area contributed by atoms with Gasteiger partial charge in [0.2, 0.25) is 0 Å². The third-order valence-corrected chi connectivity index (χ3v) is 7.04. The van der Waals surface area contributed by atoms with E-state index in [1.165, 1.54) is 5.39 Å². The van der Waals surface area contributed by atoms with Crippen LogP contribution in [0.25, 0.3) is 16.8 Å². The molecule has 192 valence electrons. The molecule has 0 aromatic heterocycles. The Bertz CT molecular complexity index is 1410. The normalized spacial score (nSPS) is 14.9. The van der Waals surface area contributed by atoms with E-state index in [0.29, 0.717) is 23.7 Å². The van der Waals surface area contributed by atoms with Crippen molar-refractivity contribution in [3.63, 3.8) is 0 Å². The first-order valence-electron chi connectivity index (χ1n) is 11.5. The molecule has 4 rings (SSSR count). The smallest absolute Gasteiger partial charge is 0.326 e. The lowest BCUT2D eigenvalue weighted by atomic mass is 10.1. The Labute approximate surface area is 233 Å². The lowest BCUT2D eigenvalue weighted by molar-refractivity contribution is -0.156. The molecule has 1 fully saturated rings. The molecule has 7 nitrogen and oxygen atoms in total. The van der Waals surface area contributed by atoms with Crippen LogP contribution in [-0.2, 0) is 20.9 Å². The van der Waals surface area contributed by atoms with Crippen molar-refractivity contribution in [1.82, 2.24) is 4.90 Å². The highest BCUT2D eigenvalue weighted by Gasteiger charge is 2.37. The molecular formula is C28H26INO6S. The number of rotatable bonds is 7. The van der Waals surface area contributed by atoms with Crippen LogP contribution in [0, 0.1) is 3.57 Å². The monoisotopic (exact) mass is 631 g/mol. The summed E-state index contributed by atoms with van der Waals surface area (Å²) in [7, 11) is 1.55. The van der Waals surface area contributed by atoms with E-state index in [1.807, 2.05) is 24.3 Å². The number of nitrogens with zero attached hydrogens (tertiary/aromatic N) is 1. The molecular weight excluding hydrogens is 605 g/mol. The molecule has 2 amide bonds. The van der Waals surface area contributed by atoms with Gasteiger partial charge in [-0.15, -0.1) is 0 Å². The fraction of sp³-hybridized carbons (Fsp3) is 0.250. The highest BCUT2D eigenvalue weighted by atomic mass is 127. The van der Waals surface area contributed by atoms with Gasteiger partial charge in [-0.1, -0.05) is 36.4 Å². The predicted octanol–water partition coefficient (Wildman–Crippen LogP) is 6.41. The van der Waals surface area contributed by atoms with Gasteiger partial charge in [-0.05, 0) is 101 Å². The maximum absolute atomic E-state index is 12.8. The molecule has 3 aromatic rings. The number of ether oxygens (including phenoxy) is 3. The molecule has 37 heavy (non-hydrogen) atoms. The third kappa shape index (κ3) is 6.64. The van der Waals surface area contributed by atoms with Crippen LogP contribution >= 0.6 is 34.4 Å². The third-order valence-electron chi connectivity index (χ3n) is 5.33. The number of thioether (sulfide) groups is 1. The molecule has 1 aliphatic heterocycles. The number of amides is 2. The van der Waals surface area contributed by atoms with Crippen molar-refractivity contribution >= 4 is 68.3 Å². The molecule has 0 atom stereocenters. The zero-order valence-electron chi connectivity index (χ0n) is 20.9. The lowest BCUT2D eigenvalue weighted by Crippen LogP contribution is -2.37. The standard InChI is InChI=1S/C28H26INO6S/c1-28(2,3)36-24(31)15-30-26(32)23(37-27(30)33)14-18-12-21(29)25(22(13-18)34-4)35-16-17-9-10-19-7-5-6-8-20(19)11-17/h5-14H,15-16H2,1-4H3. The highest BCUT2D eigenvalue weighted by molar-refractivity contribution is 14.1. The van der Waals surface area contributed by atoms with Crippen LogP contribution in [-0.4, -0.2) is 41.3 Å². The van der Waals surface area contributed by atoms with Gasteiger partial charge in [0.05, 0.1) is 15.6 Å². The molecule has 0 unspecified atom stereocenters.